The summed E-state index contributed by atoms with van der Waals surface area (Å²) in [5.74, 6) is 0. The summed E-state index contributed by atoms with van der Waals surface area (Å²) in [5, 5.41) is 8.16. The second-order valence-electron chi connectivity index (χ2n) is 4.70. The highest BCUT2D eigenvalue weighted by Crippen LogP contribution is 2.39. The Hall–Kier alpha value is -0.580. The van der Waals surface area contributed by atoms with Crippen LogP contribution in [0.3, 0.4) is 0 Å². The molecule has 1 heterocycles. The number of rotatable bonds is 3. The van der Waals surface area contributed by atoms with Gasteiger partial charge in [0.1, 0.15) is 0 Å². The summed E-state index contributed by atoms with van der Waals surface area (Å²) < 4.78 is 2.36. The minimum absolute atomic E-state index is 0.0132. The number of hydrogen-bond donors (Lipinski definition) is 1. The molecule has 2 aromatic carbocycles. The van der Waals surface area contributed by atoms with Crippen molar-refractivity contribution in [3.63, 3.8) is 0 Å². The Labute approximate surface area is 146 Å². The van der Waals surface area contributed by atoms with Gasteiger partial charge in [0, 0.05) is 19.2 Å². The Morgan fingerprint density at radius 1 is 1.14 bits per heavy atom. The lowest BCUT2D eigenvalue weighted by atomic mass is 9.98. The van der Waals surface area contributed by atoms with Crippen molar-refractivity contribution in [3.8, 4) is 0 Å². The molecule has 3 rings (SSSR count). The quantitative estimate of drug-likeness (QED) is 0.545. The standard InChI is InChI=1S/C16H12BrCl2NS/c1-20-15(11-7-9(18)5-6-14(11)19)12-8-21-16-10(12)3-2-4-13(16)17/h2-8,15,20H,1H3. The summed E-state index contributed by atoms with van der Waals surface area (Å²) in [4.78, 5) is 0. The van der Waals surface area contributed by atoms with E-state index in [4.69, 9.17) is 23.2 Å². The van der Waals surface area contributed by atoms with Gasteiger partial charge in [0.15, 0.2) is 0 Å². The van der Waals surface area contributed by atoms with E-state index in [2.05, 4.69) is 44.8 Å². The average Bonchev–Trinajstić information content (AvgIpc) is 2.89. The van der Waals surface area contributed by atoms with Crippen LogP contribution >= 0.6 is 50.5 Å². The minimum atomic E-state index is 0.0132. The first-order valence-electron chi connectivity index (χ1n) is 6.39. The van der Waals surface area contributed by atoms with Crippen molar-refractivity contribution in [2.45, 2.75) is 6.04 Å². The molecule has 0 spiro atoms. The molecule has 0 fully saturated rings. The Morgan fingerprint density at radius 3 is 2.71 bits per heavy atom. The van der Waals surface area contributed by atoms with Gasteiger partial charge in [0.05, 0.1) is 6.04 Å². The normalized spacial score (nSPS) is 12.8. The van der Waals surface area contributed by atoms with E-state index in [9.17, 15) is 0 Å². The van der Waals surface area contributed by atoms with E-state index in [1.54, 1.807) is 11.3 Å². The van der Waals surface area contributed by atoms with Gasteiger partial charge >= 0.3 is 0 Å². The molecule has 108 valence electrons. The molecule has 3 aromatic rings. The van der Waals surface area contributed by atoms with Crippen LogP contribution in [-0.2, 0) is 0 Å². The number of nitrogens with one attached hydrogen (secondary N) is 1. The predicted octanol–water partition coefficient (Wildman–Crippen LogP) is 6.28. The fourth-order valence-corrected chi connectivity index (χ4v) is 4.53. The molecular weight excluding hydrogens is 389 g/mol. The molecule has 0 saturated heterocycles. The molecule has 1 aromatic heterocycles. The molecule has 0 amide bonds. The maximum atomic E-state index is 6.36. The van der Waals surface area contributed by atoms with Gasteiger partial charge in [-0.1, -0.05) is 35.3 Å². The van der Waals surface area contributed by atoms with Gasteiger partial charge in [-0.05, 0) is 69.1 Å². The fourth-order valence-electron chi connectivity index (χ4n) is 2.48. The molecule has 0 bridgehead atoms. The number of hydrogen-bond acceptors (Lipinski definition) is 2. The van der Waals surface area contributed by atoms with Gasteiger partial charge in [-0.3, -0.25) is 0 Å². The molecule has 1 unspecified atom stereocenters. The zero-order valence-electron chi connectivity index (χ0n) is 11.2. The van der Waals surface area contributed by atoms with Crippen molar-refractivity contribution in [1.82, 2.24) is 5.32 Å². The molecule has 1 nitrogen and oxygen atoms in total. The van der Waals surface area contributed by atoms with Crippen LogP contribution in [0, 0.1) is 0 Å². The highest BCUT2D eigenvalue weighted by Gasteiger charge is 2.19. The number of fused-ring (bicyclic) bond motifs is 1. The third kappa shape index (κ3) is 2.86. The first-order chi connectivity index (χ1) is 10.1. The molecule has 0 radical (unpaired) electrons. The van der Waals surface area contributed by atoms with Crippen molar-refractivity contribution in [1.29, 1.82) is 0 Å². The first kappa shape index (κ1) is 15.3. The van der Waals surface area contributed by atoms with E-state index in [0.717, 1.165) is 10.0 Å². The van der Waals surface area contributed by atoms with Crippen LogP contribution in [0.4, 0.5) is 0 Å². The Balaban J connectivity index is 2.19. The smallest absolute Gasteiger partial charge is 0.0603 e. The lowest BCUT2D eigenvalue weighted by Crippen LogP contribution is -2.17. The highest BCUT2D eigenvalue weighted by molar-refractivity contribution is 9.10. The second-order valence-corrected chi connectivity index (χ2v) is 7.27. The van der Waals surface area contributed by atoms with E-state index in [0.29, 0.717) is 10.0 Å². The zero-order chi connectivity index (χ0) is 15.0. The van der Waals surface area contributed by atoms with Gasteiger partial charge in [-0.25, -0.2) is 0 Å². The molecule has 1 N–H and O–H groups in total. The van der Waals surface area contributed by atoms with Crippen LogP contribution in [-0.4, -0.2) is 7.05 Å². The van der Waals surface area contributed by atoms with Gasteiger partial charge in [-0.2, -0.15) is 0 Å². The monoisotopic (exact) mass is 399 g/mol. The van der Waals surface area contributed by atoms with E-state index in [1.165, 1.54) is 15.6 Å². The topological polar surface area (TPSA) is 12.0 Å². The van der Waals surface area contributed by atoms with E-state index in [-0.39, 0.29) is 6.04 Å². The second kappa shape index (κ2) is 6.27. The molecule has 0 aliphatic carbocycles. The van der Waals surface area contributed by atoms with E-state index < -0.39 is 0 Å². The average molecular weight is 401 g/mol. The minimum Gasteiger partial charge on any atom is -0.309 e. The van der Waals surface area contributed by atoms with Crippen LogP contribution in [0.1, 0.15) is 17.2 Å². The number of benzene rings is 2. The van der Waals surface area contributed by atoms with Crippen LogP contribution in [0.2, 0.25) is 10.0 Å². The van der Waals surface area contributed by atoms with E-state index in [1.807, 2.05) is 25.2 Å². The molecular formula is C16H12BrCl2NS. The molecule has 0 aliphatic heterocycles. The SMILES string of the molecule is CNC(c1cc(Cl)ccc1Cl)c1csc2c(Br)cccc12. The van der Waals surface area contributed by atoms with Crippen molar-refractivity contribution >= 4 is 60.6 Å². The van der Waals surface area contributed by atoms with Crippen molar-refractivity contribution in [3.05, 3.63) is 67.4 Å². The summed E-state index contributed by atoms with van der Waals surface area (Å²) in [6, 6.07) is 11.8. The third-order valence-electron chi connectivity index (χ3n) is 3.45. The summed E-state index contributed by atoms with van der Waals surface area (Å²) in [6.07, 6.45) is 0. The van der Waals surface area contributed by atoms with Crippen molar-refractivity contribution < 1.29 is 0 Å². The Bertz CT molecular complexity index is 800. The van der Waals surface area contributed by atoms with Gasteiger partial charge in [0.25, 0.3) is 0 Å². The third-order valence-corrected chi connectivity index (χ3v) is 6.00. The van der Waals surface area contributed by atoms with Gasteiger partial charge in [-0.15, -0.1) is 11.3 Å². The largest absolute Gasteiger partial charge is 0.309 e. The summed E-state index contributed by atoms with van der Waals surface area (Å²) >= 11 is 17.8. The Kier molecular flexibility index (Phi) is 4.57. The van der Waals surface area contributed by atoms with Gasteiger partial charge in [0.2, 0.25) is 0 Å². The maximum absolute atomic E-state index is 6.36. The first-order valence-corrected chi connectivity index (χ1v) is 8.82. The van der Waals surface area contributed by atoms with Crippen LogP contribution in [0.25, 0.3) is 10.1 Å². The van der Waals surface area contributed by atoms with Crippen LogP contribution in [0.5, 0.6) is 0 Å². The molecule has 21 heavy (non-hydrogen) atoms. The summed E-state index contributed by atoms with van der Waals surface area (Å²) in [7, 11) is 1.93. The number of halogens is 3. The lowest BCUT2D eigenvalue weighted by Gasteiger charge is -2.18. The highest BCUT2D eigenvalue weighted by atomic mass is 79.9. The zero-order valence-corrected chi connectivity index (χ0v) is 15.1. The van der Waals surface area contributed by atoms with Gasteiger partial charge < -0.3 is 5.32 Å². The Morgan fingerprint density at radius 2 is 1.95 bits per heavy atom. The van der Waals surface area contributed by atoms with Crippen molar-refractivity contribution in [2.75, 3.05) is 7.05 Å². The summed E-state index contributed by atoms with van der Waals surface area (Å²) in [5.41, 5.74) is 2.20. The summed E-state index contributed by atoms with van der Waals surface area (Å²) in [6.45, 7) is 0. The van der Waals surface area contributed by atoms with Crippen LogP contribution in [0.15, 0.2) is 46.3 Å². The molecule has 5 heteroatoms. The molecule has 0 aliphatic rings. The number of thiophene rings is 1. The van der Waals surface area contributed by atoms with E-state index >= 15 is 0 Å². The fraction of sp³-hybridized carbons (Fsp3) is 0.125. The molecule has 0 saturated carbocycles. The predicted molar refractivity (Wildman–Crippen MR) is 96.9 cm³/mol. The van der Waals surface area contributed by atoms with Crippen LogP contribution < -0.4 is 5.32 Å². The maximum Gasteiger partial charge on any atom is 0.0603 e. The lowest BCUT2D eigenvalue weighted by molar-refractivity contribution is 0.699. The molecule has 1 atom stereocenters. The van der Waals surface area contributed by atoms with Crippen molar-refractivity contribution in [2.24, 2.45) is 0 Å².